The Morgan fingerprint density at radius 1 is 0.773 bits per heavy atom. The third kappa shape index (κ3) is 5.44. The molecule has 2 rings (SSSR count). The molecule has 118 valence electrons. The Morgan fingerprint density at radius 3 is 1.73 bits per heavy atom. The van der Waals surface area contributed by atoms with Crippen LogP contribution in [0.3, 0.4) is 0 Å². The summed E-state index contributed by atoms with van der Waals surface area (Å²) in [7, 11) is 0. The van der Waals surface area contributed by atoms with E-state index in [4.69, 9.17) is 9.47 Å². The summed E-state index contributed by atoms with van der Waals surface area (Å²) in [4.78, 5) is 0. The Morgan fingerprint density at radius 2 is 1.27 bits per heavy atom. The molecule has 0 heterocycles. The molecule has 0 radical (unpaired) electrons. The van der Waals surface area contributed by atoms with Crippen LogP contribution in [-0.2, 0) is 6.42 Å². The van der Waals surface area contributed by atoms with E-state index in [9.17, 15) is 0 Å². The lowest BCUT2D eigenvalue weighted by Gasteiger charge is -2.09. The van der Waals surface area contributed by atoms with Gasteiger partial charge < -0.3 is 9.47 Å². The SMILES string of the molecule is CCCOc1ccc(Cc2ccc(OCC(C)C)cc2)cc1. The third-order valence-electron chi connectivity index (χ3n) is 3.31. The first-order valence-corrected chi connectivity index (χ1v) is 8.11. The minimum Gasteiger partial charge on any atom is -0.494 e. The molecule has 0 saturated carbocycles. The molecule has 0 aliphatic heterocycles. The summed E-state index contributed by atoms with van der Waals surface area (Å²) in [6, 6.07) is 16.7. The summed E-state index contributed by atoms with van der Waals surface area (Å²) < 4.78 is 11.3. The topological polar surface area (TPSA) is 18.5 Å². The van der Waals surface area contributed by atoms with Crippen molar-refractivity contribution in [3.8, 4) is 11.5 Å². The number of hydrogen-bond acceptors (Lipinski definition) is 2. The van der Waals surface area contributed by atoms with Crippen LogP contribution in [0.1, 0.15) is 38.3 Å². The largest absolute Gasteiger partial charge is 0.494 e. The van der Waals surface area contributed by atoms with Crippen molar-refractivity contribution in [1.82, 2.24) is 0 Å². The fraction of sp³-hybridized carbons (Fsp3) is 0.400. The standard InChI is InChI=1S/C20H26O2/c1-4-13-21-19-9-5-17(6-10-19)14-18-7-11-20(12-8-18)22-15-16(2)3/h5-12,16H,4,13-15H2,1-3H3. The summed E-state index contributed by atoms with van der Waals surface area (Å²) in [5, 5.41) is 0. The van der Waals surface area contributed by atoms with Crippen LogP contribution in [0.5, 0.6) is 11.5 Å². The minimum atomic E-state index is 0.549. The molecule has 0 amide bonds. The second-order valence-electron chi connectivity index (χ2n) is 6.02. The predicted octanol–water partition coefficient (Wildman–Crippen LogP) is 5.10. The van der Waals surface area contributed by atoms with Crippen LogP contribution in [0.4, 0.5) is 0 Å². The highest BCUT2D eigenvalue weighted by Gasteiger charge is 2.00. The number of rotatable bonds is 8. The molecule has 0 aromatic heterocycles. The van der Waals surface area contributed by atoms with E-state index in [2.05, 4.69) is 57.2 Å². The molecule has 2 nitrogen and oxygen atoms in total. The van der Waals surface area contributed by atoms with Gasteiger partial charge in [-0.15, -0.1) is 0 Å². The molecule has 0 atom stereocenters. The smallest absolute Gasteiger partial charge is 0.119 e. The van der Waals surface area contributed by atoms with Gasteiger partial charge in [0.25, 0.3) is 0 Å². The minimum absolute atomic E-state index is 0.549. The van der Waals surface area contributed by atoms with E-state index in [0.717, 1.165) is 37.6 Å². The van der Waals surface area contributed by atoms with E-state index in [1.54, 1.807) is 0 Å². The van der Waals surface area contributed by atoms with Crippen molar-refractivity contribution >= 4 is 0 Å². The van der Waals surface area contributed by atoms with E-state index < -0.39 is 0 Å². The molecule has 0 unspecified atom stereocenters. The van der Waals surface area contributed by atoms with Gasteiger partial charge in [0, 0.05) is 0 Å². The zero-order chi connectivity index (χ0) is 15.8. The summed E-state index contributed by atoms with van der Waals surface area (Å²) in [6.07, 6.45) is 1.96. The number of ether oxygens (including phenoxy) is 2. The maximum absolute atomic E-state index is 5.71. The second-order valence-corrected chi connectivity index (χ2v) is 6.02. The van der Waals surface area contributed by atoms with Crippen LogP contribution < -0.4 is 9.47 Å². The molecular weight excluding hydrogens is 272 g/mol. The van der Waals surface area contributed by atoms with Crippen molar-refractivity contribution < 1.29 is 9.47 Å². The number of hydrogen-bond donors (Lipinski definition) is 0. The lowest BCUT2D eigenvalue weighted by molar-refractivity contribution is 0.271. The lowest BCUT2D eigenvalue weighted by atomic mass is 10.0. The molecule has 2 heteroatoms. The molecule has 2 aromatic rings. The quantitative estimate of drug-likeness (QED) is 0.675. The highest BCUT2D eigenvalue weighted by molar-refractivity contribution is 5.34. The summed E-state index contributed by atoms with van der Waals surface area (Å²) in [5.74, 6) is 2.44. The first-order chi connectivity index (χ1) is 10.7. The van der Waals surface area contributed by atoms with Crippen LogP contribution in [0, 0.1) is 5.92 Å². The Kier molecular flexibility index (Phi) is 6.32. The van der Waals surface area contributed by atoms with Gasteiger partial charge in [0.2, 0.25) is 0 Å². The predicted molar refractivity (Wildman–Crippen MR) is 91.8 cm³/mol. The van der Waals surface area contributed by atoms with Crippen molar-refractivity contribution in [2.45, 2.75) is 33.6 Å². The Hall–Kier alpha value is -1.96. The van der Waals surface area contributed by atoms with Gasteiger partial charge in [-0.2, -0.15) is 0 Å². The first-order valence-electron chi connectivity index (χ1n) is 8.11. The first kappa shape index (κ1) is 16.4. The van der Waals surface area contributed by atoms with Gasteiger partial charge in [-0.05, 0) is 54.2 Å². The van der Waals surface area contributed by atoms with Crippen molar-refractivity contribution in [3.63, 3.8) is 0 Å². The normalized spacial score (nSPS) is 10.7. The fourth-order valence-corrected chi connectivity index (χ4v) is 2.13. The average molecular weight is 298 g/mol. The molecule has 0 aliphatic rings. The van der Waals surface area contributed by atoms with Gasteiger partial charge >= 0.3 is 0 Å². The van der Waals surface area contributed by atoms with Gasteiger partial charge in [0.15, 0.2) is 0 Å². The Balaban J connectivity index is 1.90. The summed E-state index contributed by atoms with van der Waals surface area (Å²) >= 11 is 0. The molecule has 0 saturated heterocycles. The van der Waals surface area contributed by atoms with Gasteiger partial charge in [-0.1, -0.05) is 45.0 Å². The zero-order valence-electron chi connectivity index (χ0n) is 13.8. The number of benzene rings is 2. The molecule has 0 aliphatic carbocycles. The highest BCUT2D eigenvalue weighted by atomic mass is 16.5. The van der Waals surface area contributed by atoms with Crippen molar-refractivity contribution in [2.24, 2.45) is 5.92 Å². The van der Waals surface area contributed by atoms with Crippen LogP contribution in [0.2, 0.25) is 0 Å². The van der Waals surface area contributed by atoms with E-state index in [-0.39, 0.29) is 0 Å². The average Bonchev–Trinajstić information content (AvgIpc) is 2.53. The molecule has 0 bridgehead atoms. The molecule has 0 N–H and O–H groups in total. The molecule has 22 heavy (non-hydrogen) atoms. The van der Waals surface area contributed by atoms with Crippen LogP contribution >= 0.6 is 0 Å². The molecule has 0 spiro atoms. The van der Waals surface area contributed by atoms with E-state index >= 15 is 0 Å². The van der Waals surface area contributed by atoms with E-state index in [1.807, 2.05) is 12.1 Å². The molecule has 2 aromatic carbocycles. The maximum atomic E-state index is 5.71. The van der Waals surface area contributed by atoms with Gasteiger partial charge in [-0.25, -0.2) is 0 Å². The second kappa shape index (κ2) is 8.47. The zero-order valence-corrected chi connectivity index (χ0v) is 13.8. The Labute approximate surface area is 134 Å². The molecule has 0 fully saturated rings. The van der Waals surface area contributed by atoms with Crippen LogP contribution in [0.15, 0.2) is 48.5 Å². The van der Waals surface area contributed by atoms with Gasteiger partial charge in [0.05, 0.1) is 13.2 Å². The maximum Gasteiger partial charge on any atom is 0.119 e. The van der Waals surface area contributed by atoms with Crippen molar-refractivity contribution in [2.75, 3.05) is 13.2 Å². The molecular formula is C20H26O2. The van der Waals surface area contributed by atoms with Gasteiger partial charge in [0.1, 0.15) is 11.5 Å². The summed E-state index contributed by atoms with van der Waals surface area (Å²) in [6.45, 7) is 7.96. The van der Waals surface area contributed by atoms with Gasteiger partial charge in [-0.3, -0.25) is 0 Å². The highest BCUT2D eigenvalue weighted by Crippen LogP contribution is 2.18. The van der Waals surface area contributed by atoms with Crippen LogP contribution in [-0.4, -0.2) is 13.2 Å². The third-order valence-corrected chi connectivity index (χ3v) is 3.31. The van der Waals surface area contributed by atoms with Crippen molar-refractivity contribution in [3.05, 3.63) is 59.7 Å². The van der Waals surface area contributed by atoms with Crippen molar-refractivity contribution in [1.29, 1.82) is 0 Å². The van der Waals surface area contributed by atoms with Crippen LogP contribution in [0.25, 0.3) is 0 Å². The monoisotopic (exact) mass is 298 g/mol. The van der Waals surface area contributed by atoms with E-state index in [0.29, 0.717) is 5.92 Å². The Bertz CT molecular complexity index is 541. The fourth-order valence-electron chi connectivity index (χ4n) is 2.13. The lowest BCUT2D eigenvalue weighted by Crippen LogP contribution is -2.04. The van der Waals surface area contributed by atoms with E-state index in [1.165, 1.54) is 11.1 Å². The summed E-state index contributed by atoms with van der Waals surface area (Å²) in [5.41, 5.74) is 2.58.